The minimum Gasteiger partial charge on any atom is -0.492 e. The van der Waals surface area contributed by atoms with Gasteiger partial charge in [-0.1, -0.05) is 55.1 Å². The molecule has 0 radical (unpaired) electrons. The van der Waals surface area contributed by atoms with E-state index in [2.05, 4.69) is 12.2 Å². The van der Waals surface area contributed by atoms with E-state index in [0.29, 0.717) is 51.4 Å². The predicted octanol–water partition coefficient (Wildman–Crippen LogP) is 6.85. The second-order valence-electron chi connectivity index (χ2n) is 7.45. The highest BCUT2D eigenvalue weighted by molar-refractivity contribution is 6.44. The highest BCUT2D eigenvalue weighted by atomic mass is 35.5. The van der Waals surface area contributed by atoms with Crippen LogP contribution in [0.25, 0.3) is 5.57 Å². The second kappa shape index (κ2) is 13.8. The van der Waals surface area contributed by atoms with E-state index in [-0.39, 0.29) is 18.9 Å². The fraction of sp³-hybridized carbons (Fsp3) is 0.360. The maximum absolute atomic E-state index is 12.6. The number of carbonyl (C=O) groups is 2. The van der Waals surface area contributed by atoms with Crippen LogP contribution in [0.1, 0.15) is 51.5 Å². The first-order chi connectivity index (χ1) is 15.8. The molecule has 6 nitrogen and oxygen atoms in total. The van der Waals surface area contributed by atoms with Gasteiger partial charge in [0, 0.05) is 12.5 Å². The van der Waals surface area contributed by atoms with Gasteiger partial charge in [0.05, 0.1) is 23.9 Å². The van der Waals surface area contributed by atoms with Crippen molar-refractivity contribution in [2.24, 2.45) is 0 Å². The molecule has 33 heavy (non-hydrogen) atoms. The van der Waals surface area contributed by atoms with Crippen LogP contribution in [0, 0.1) is 0 Å². The largest absolute Gasteiger partial charge is 0.492 e. The zero-order valence-electron chi connectivity index (χ0n) is 18.8. The van der Waals surface area contributed by atoms with Crippen molar-refractivity contribution in [2.75, 3.05) is 18.5 Å². The summed E-state index contributed by atoms with van der Waals surface area (Å²) in [4.78, 5) is 23.2. The lowest BCUT2D eigenvalue weighted by atomic mass is 10.1. The zero-order valence-corrected chi connectivity index (χ0v) is 20.3. The van der Waals surface area contributed by atoms with Crippen LogP contribution in [0.3, 0.4) is 0 Å². The van der Waals surface area contributed by atoms with Crippen molar-refractivity contribution in [2.45, 2.75) is 46.0 Å². The number of aliphatic carboxylic acids is 1. The first-order valence-corrected chi connectivity index (χ1v) is 11.6. The van der Waals surface area contributed by atoms with Gasteiger partial charge in [-0.2, -0.15) is 0 Å². The molecule has 0 fully saturated rings. The lowest BCUT2D eigenvalue weighted by Gasteiger charge is -2.13. The van der Waals surface area contributed by atoms with Gasteiger partial charge in [0.15, 0.2) is 0 Å². The summed E-state index contributed by atoms with van der Waals surface area (Å²) in [5, 5.41) is 12.2. The summed E-state index contributed by atoms with van der Waals surface area (Å²) in [7, 11) is 0. The standard InChI is InChI=1S/C25H29Cl2NO5/c1-3-4-7-14-33-21-13-12-18(24(26)25(21)27)17(2)16-22(29)28-19-9-5-6-10-20(19)32-15-8-11-23(30)31/h5-6,9-10,12-13,16H,3-4,7-8,11,14-15H2,1-2H3,(H,28,29)(H,30,31)/b17-16+. The Balaban J connectivity index is 2.06. The molecular formula is C25H29Cl2NO5. The Bertz CT molecular complexity index is 991. The van der Waals surface area contributed by atoms with Crippen LogP contribution in [0.5, 0.6) is 11.5 Å². The third-order valence-electron chi connectivity index (χ3n) is 4.76. The number of ether oxygens (including phenoxy) is 2. The zero-order chi connectivity index (χ0) is 24.2. The number of carbonyl (C=O) groups excluding carboxylic acids is 1. The van der Waals surface area contributed by atoms with Crippen molar-refractivity contribution in [3.8, 4) is 11.5 Å². The molecule has 0 unspecified atom stereocenters. The first kappa shape index (κ1) is 26.6. The summed E-state index contributed by atoms with van der Waals surface area (Å²) in [5.41, 5.74) is 1.76. The molecule has 0 spiro atoms. The Morgan fingerprint density at radius 1 is 0.970 bits per heavy atom. The number of carboxylic acid groups (broad SMARTS) is 1. The van der Waals surface area contributed by atoms with Crippen LogP contribution in [0.2, 0.25) is 10.0 Å². The summed E-state index contributed by atoms with van der Waals surface area (Å²) in [6, 6.07) is 10.5. The van der Waals surface area contributed by atoms with Gasteiger partial charge in [-0.3, -0.25) is 9.59 Å². The van der Waals surface area contributed by atoms with E-state index in [1.54, 1.807) is 43.3 Å². The van der Waals surface area contributed by atoms with Gasteiger partial charge >= 0.3 is 5.97 Å². The highest BCUT2D eigenvalue weighted by Gasteiger charge is 2.14. The molecule has 1 amide bonds. The van der Waals surface area contributed by atoms with E-state index in [4.69, 9.17) is 37.8 Å². The summed E-state index contributed by atoms with van der Waals surface area (Å²) in [5.74, 6) is -0.252. The number of hydrogen-bond acceptors (Lipinski definition) is 4. The SMILES string of the molecule is CCCCCOc1ccc(/C(C)=C/C(=O)Nc2ccccc2OCCCC(=O)O)c(Cl)c1Cl. The van der Waals surface area contributed by atoms with E-state index >= 15 is 0 Å². The van der Waals surface area contributed by atoms with Crippen LogP contribution >= 0.6 is 23.2 Å². The van der Waals surface area contributed by atoms with Gasteiger partial charge in [0.2, 0.25) is 5.91 Å². The van der Waals surface area contributed by atoms with Gasteiger partial charge in [-0.05, 0) is 55.2 Å². The van der Waals surface area contributed by atoms with Crippen molar-refractivity contribution in [3.05, 3.63) is 58.1 Å². The van der Waals surface area contributed by atoms with Crippen molar-refractivity contribution >= 4 is 46.3 Å². The third-order valence-corrected chi connectivity index (χ3v) is 5.63. The van der Waals surface area contributed by atoms with Gasteiger partial charge in [-0.25, -0.2) is 0 Å². The van der Waals surface area contributed by atoms with Gasteiger partial charge < -0.3 is 19.9 Å². The Labute approximate surface area is 204 Å². The van der Waals surface area contributed by atoms with Crippen molar-refractivity contribution in [3.63, 3.8) is 0 Å². The molecule has 8 heteroatoms. The summed E-state index contributed by atoms with van der Waals surface area (Å²) in [6.07, 6.45) is 4.94. The Kier molecular flexibility index (Phi) is 11.1. The van der Waals surface area contributed by atoms with Crippen LogP contribution < -0.4 is 14.8 Å². The van der Waals surface area contributed by atoms with E-state index in [1.807, 2.05) is 0 Å². The van der Waals surface area contributed by atoms with Crippen LogP contribution in [-0.2, 0) is 9.59 Å². The maximum Gasteiger partial charge on any atom is 0.303 e. The molecule has 0 atom stereocenters. The highest BCUT2D eigenvalue weighted by Crippen LogP contribution is 2.37. The van der Waals surface area contributed by atoms with E-state index in [9.17, 15) is 9.59 Å². The Hall–Kier alpha value is -2.70. The molecule has 0 aliphatic rings. The topological polar surface area (TPSA) is 84.9 Å². The lowest BCUT2D eigenvalue weighted by Crippen LogP contribution is -2.11. The molecule has 2 rings (SSSR count). The molecule has 0 saturated heterocycles. The van der Waals surface area contributed by atoms with E-state index in [0.717, 1.165) is 19.3 Å². The average Bonchev–Trinajstić information content (AvgIpc) is 2.77. The first-order valence-electron chi connectivity index (χ1n) is 10.9. The molecule has 0 saturated carbocycles. The van der Waals surface area contributed by atoms with Crippen LogP contribution in [-0.4, -0.2) is 30.2 Å². The Morgan fingerprint density at radius 2 is 1.67 bits per heavy atom. The van der Waals surface area contributed by atoms with Gasteiger partial charge in [0.1, 0.15) is 16.5 Å². The number of anilines is 1. The molecule has 0 aliphatic heterocycles. The summed E-state index contributed by atoms with van der Waals surface area (Å²) >= 11 is 12.8. The maximum atomic E-state index is 12.6. The van der Waals surface area contributed by atoms with E-state index < -0.39 is 5.97 Å². The number of benzene rings is 2. The van der Waals surface area contributed by atoms with Crippen LogP contribution in [0.15, 0.2) is 42.5 Å². The van der Waals surface area contributed by atoms with Crippen molar-refractivity contribution in [1.29, 1.82) is 0 Å². The normalized spacial score (nSPS) is 11.2. The van der Waals surface area contributed by atoms with E-state index in [1.165, 1.54) is 6.08 Å². The number of unbranched alkanes of at least 4 members (excludes halogenated alkanes) is 2. The molecular weight excluding hydrogens is 465 g/mol. The fourth-order valence-corrected chi connectivity index (χ4v) is 3.55. The second-order valence-corrected chi connectivity index (χ2v) is 8.21. The molecule has 0 heterocycles. The smallest absolute Gasteiger partial charge is 0.303 e. The number of nitrogens with one attached hydrogen (secondary N) is 1. The quantitative estimate of drug-likeness (QED) is 0.235. The monoisotopic (exact) mass is 493 g/mol. The number of amides is 1. The van der Waals surface area contributed by atoms with Crippen molar-refractivity contribution < 1.29 is 24.2 Å². The molecule has 2 aromatic rings. The molecule has 0 bridgehead atoms. The lowest BCUT2D eigenvalue weighted by molar-refractivity contribution is -0.137. The van der Waals surface area contributed by atoms with Gasteiger partial charge in [-0.15, -0.1) is 0 Å². The minimum atomic E-state index is -0.879. The third kappa shape index (κ3) is 8.63. The number of rotatable bonds is 13. The molecule has 178 valence electrons. The number of carboxylic acids is 1. The summed E-state index contributed by atoms with van der Waals surface area (Å²) in [6.45, 7) is 4.69. The van der Waals surface area contributed by atoms with Gasteiger partial charge in [0.25, 0.3) is 0 Å². The number of halogens is 2. The molecule has 0 aromatic heterocycles. The van der Waals surface area contributed by atoms with Crippen LogP contribution in [0.4, 0.5) is 5.69 Å². The fourth-order valence-electron chi connectivity index (χ4n) is 3.03. The minimum absolute atomic E-state index is 0.0162. The number of hydrogen-bond donors (Lipinski definition) is 2. The Morgan fingerprint density at radius 3 is 2.39 bits per heavy atom. The molecule has 2 N–H and O–H groups in total. The molecule has 0 aliphatic carbocycles. The predicted molar refractivity (Wildman–Crippen MR) is 133 cm³/mol. The summed E-state index contributed by atoms with van der Waals surface area (Å²) < 4.78 is 11.3. The molecule has 2 aromatic carbocycles. The van der Waals surface area contributed by atoms with Crippen molar-refractivity contribution in [1.82, 2.24) is 0 Å². The average molecular weight is 494 g/mol. The number of allylic oxidation sites excluding steroid dienone is 1. The number of para-hydroxylation sites is 2.